The van der Waals surface area contributed by atoms with Crippen molar-refractivity contribution in [1.82, 2.24) is 19.7 Å². The predicted octanol–water partition coefficient (Wildman–Crippen LogP) is 5.64. The molecule has 5 rings (SSSR count). The fourth-order valence-electron chi connectivity index (χ4n) is 4.85. The van der Waals surface area contributed by atoms with Crippen molar-refractivity contribution in [3.05, 3.63) is 41.2 Å². The molecule has 0 spiro atoms. The lowest BCUT2D eigenvalue weighted by Gasteiger charge is -2.24. The maximum absolute atomic E-state index is 5.59. The Morgan fingerprint density at radius 3 is 2.50 bits per heavy atom. The maximum Gasteiger partial charge on any atom is 0.141 e. The Bertz CT molecular complexity index is 1230. The van der Waals surface area contributed by atoms with Gasteiger partial charge in [0.15, 0.2) is 0 Å². The molecule has 1 fully saturated rings. The topological polar surface area (TPSA) is 66.0 Å². The van der Waals surface area contributed by atoms with Gasteiger partial charge >= 0.3 is 0 Å². The number of hydrogen-bond donors (Lipinski definition) is 0. The first-order valence-corrected chi connectivity index (χ1v) is 10.8. The minimum atomic E-state index is 0.320. The third-order valence-electron chi connectivity index (χ3n) is 6.29. The second-order valence-corrected chi connectivity index (χ2v) is 8.70. The van der Waals surface area contributed by atoms with Crippen LogP contribution in [-0.2, 0) is 4.74 Å². The number of nitrogens with zero attached hydrogens (tertiary/aromatic N) is 4. The molecule has 156 valence electrons. The van der Waals surface area contributed by atoms with Crippen LogP contribution in [0.5, 0.6) is 0 Å². The van der Waals surface area contributed by atoms with E-state index in [9.17, 15) is 0 Å². The fourth-order valence-corrected chi connectivity index (χ4v) is 4.85. The number of hydrogen-bond acceptors (Lipinski definition) is 5. The molecular weight excluding hydrogens is 376 g/mol. The number of pyridine rings is 1. The molecule has 1 aromatic carbocycles. The number of aromatic nitrogens is 4. The number of benzene rings is 1. The van der Waals surface area contributed by atoms with Gasteiger partial charge in [-0.1, -0.05) is 5.16 Å². The van der Waals surface area contributed by atoms with Crippen molar-refractivity contribution in [2.75, 3.05) is 13.2 Å². The molecule has 0 radical (unpaired) electrons. The first kappa shape index (κ1) is 19.2. The molecule has 30 heavy (non-hydrogen) atoms. The summed E-state index contributed by atoms with van der Waals surface area (Å²) in [6.07, 6.45) is 3.97. The van der Waals surface area contributed by atoms with Gasteiger partial charge in [0.2, 0.25) is 0 Å². The molecular formula is C24H28N4O2. The molecule has 1 aliphatic rings. The molecule has 4 aromatic rings. The summed E-state index contributed by atoms with van der Waals surface area (Å²) in [4.78, 5) is 9.85. The SMILES string of the molecule is Cc1cc2c(cc1-c1c(C)noc1C)ncc1nc(C3CCOCC3)n(C(C)C)c12. The van der Waals surface area contributed by atoms with Crippen molar-refractivity contribution in [3.63, 3.8) is 0 Å². The molecule has 0 saturated carbocycles. The minimum Gasteiger partial charge on any atom is -0.381 e. The molecule has 0 aliphatic carbocycles. The van der Waals surface area contributed by atoms with Crippen LogP contribution in [0, 0.1) is 20.8 Å². The molecule has 0 bridgehead atoms. The molecule has 0 atom stereocenters. The summed E-state index contributed by atoms with van der Waals surface area (Å²) in [5, 5.41) is 5.29. The highest BCUT2D eigenvalue weighted by atomic mass is 16.5. The normalized spacial score (nSPS) is 15.7. The van der Waals surface area contributed by atoms with Crippen molar-refractivity contribution in [3.8, 4) is 11.1 Å². The Hall–Kier alpha value is -2.73. The second kappa shape index (κ2) is 7.20. The Balaban J connectivity index is 1.77. The van der Waals surface area contributed by atoms with Crippen molar-refractivity contribution < 1.29 is 9.26 Å². The van der Waals surface area contributed by atoms with Gasteiger partial charge < -0.3 is 13.8 Å². The van der Waals surface area contributed by atoms with Crippen LogP contribution in [0.15, 0.2) is 22.9 Å². The fraction of sp³-hybridized carbons (Fsp3) is 0.458. The summed E-state index contributed by atoms with van der Waals surface area (Å²) in [6, 6.07) is 4.74. The van der Waals surface area contributed by atoms with E-state index < -0.39 is 0 Å². The van der Waals surface area contributed by atoms with E-state index in [0.717, 1.165) is 65.1 Å². The van der Waals surface area contributed by atoms with Gasteiger partial charge in [0, 0.05) is 36.1 Å². The van der Waals surface area contributed by atoms with E-state index in [4.69, 9.17) is 19.2 Å². The molecule has 0 N–H and O–H groups in total. The van der Waals surface area contributed by atoms with E-state index >= 15 is 0 Å². The van der Waals surface area contributed by atoms with Crippen LogP contribution in [0.25, 0.3) is 33.1 Å². The molecule has 1 aliphatic heterocycles. The minimum absolute atomic E-state index is 0.320. The van der Waals surface area contributed by atoms with Crippen molar-refractivity contribution in [2.45, 2.75) is 59.4 Å². The zero-order valence-corrected chi connectivity index (χ0v) is 18.3. The van der Waals surface area contributed by atoms with Gasteiger partial charge in [-0.25, -0.2) is 4.98 Å². The summed E-state index contributed by atoms with van der Waals surface area (Å²) in [5.74, 6) is 2.45. The summed E-state index contributed by atoms with van der Waals surface area (Å²) in [7, 11) is 0. The molecule has 6 heteroatoms. The predicted molar refractivity (Wildman–Crippen MR) is 118 cm³/mol. The quantitative estimate of drug-likeness (QED) is 0.442. The molecule has 0 amide bonds. The van der Waals surface area contributed by atoms with Crippen molar-refractivity contribution in [1.29, 1.82) is 0 Å². The van der Waals surface area contributed by atoms with Crippen LogP contribution >= 0.6 is 0 Å². The van der Waals surface area contributed by atoms with Crippen LogP contribution in [0.2, 0.25) is 0 Å². The van der Waals surface area contributed by atoms with Crippen LogP contribution in [0.4, 0.5) is 0 Å². The zero-order valence-electron chi connectivity index (χ0n) is 18.3. The first-order chi connectivity index (χ1) is 14.5. The lowest BCUT2D eigenvalue weighted by molar-refractivity contribution is 0.0827. The van der Waals surface area contributed by atoms with Gasteiger partial charge in [0.1, 0.15) is 17.1 Å². The molecule has 3 aromatic heterocycles. The van der Waals surface area contributed by atoms with E-state index in [2.05, 4.69) is 42.6 Å². The lowest BCUT2D eigenvalue weighted by Crippen LogP contribution is -2.19. The van der Waals surface area contributed by atoms with E-state index in [1.165, 1.54) is 16.9 Å². The Kier molecular flexibility index (Phi) is 4.62. The molecule has 0 unspecified atom stereocenters. The number of rotatable bonds is 3. The number of aryl methyl sites for hydroxylation is 3. The van der Waals surface area contributed by atoms with Crippen LogP contribution in [0.3, 0.4) is 0 Å². The largest absolute Gasteiger partial charge is 0.381 e. The van der Waals surface area contributed by atoms with E-state index in [0.29, 0.717) is 12.0 Å². The highest BCUT2D eigenvalue weighted by molar-refractivity contribution is 6.04. The van der Waals surface area contributed by atoms with E-state index in [-0.39, 0.29) is 0 Å². The van der Waals surface area contributed by atoms with Gasteiger partial charge in [0.25, 0.3) is 0 Å². The third kappa shape index (κ3) is 2.93. The van der Waals surface area contributed by atoms with Gasteiger partial charge in [-0.15, -0.1) is 0 Å². The summed E-state index contributed by atoms with van der Waals surface area (Å²) >= 11 is 0. The highest BCUT2D eigenvalue weighted by Gasteiger charge is 2.25. The van der Waals surface area contributed by atoms with Crippen molar-refractivity contribution >= 4 is 21.9 Å². The standard InChI is InChI=1S/C24H28N4O2/c1-13(2)28-23-19-10-14(3)18(22-15(4)27-30-16(22)5)11-20(19)25-12-21(23)26-24(28)17-6-8-29-9-7-17/h10-13,17H,6-9H2,1-5H3. The Labute approximate surface area is 176 Å². The molecule has 4 heterocycles. The van der Waals surface area contributed by atoms with Gasteiger partial charge in [-0.05, 0) is 70.7 Å². The first-order valence-electron chi connectivity index (χ1n) is 10.8. The third-order valence-corrected chi connectivity index (χ3v) is 6.29. The molecule has 6 nitrogen and oxygen atoms in total. The van der Waals surface area contributed by atoms with E-state index in [1.807, 2.05) is 20.0 Å². The van der Waals surface area contributed by atoms with Crippen molar-refractivity contribution in [2.24, 2.45) is 0 Å². The Morgan fingerprint density at radius 2 is 1.83 bits per heavy atom. The zero-order chi connectivity index (χ0) is 21.0. The maximum atomic E-state index is 5.59. The number of ether oxygens (including phenoxy) is 1. The van der Waals surface area contributed by atoms with Crippen LogP contribution in [0.1, 0.15) is 61.5 Å². The Morgan fingerprint density at radius 1 is 1.07 bits per heavy atom. The monoisotopic (exact) mass is 404 g/mol. The smallest absolute Gasteiger partial charge is 0.141 e. The number of imidazole rings is 1. The van der Waals surface area contributed by atoms with Gasteiger partial charge in [-0.2, -0.15) is 0 Å². The van der Waals surface area contributed by atoms with Crippen LogP contribution < -0.4 is 0 Å². The van der Waals surface area contributed by atoms with E-state index in [1.54, 1.807) is 0 Å². The lowest BCUT2D eigenvalue weighted by atomic mass is 9.96. The molecule has 1 saturated heterocycles. The average Bonchev–Trinajstić information content (AvgIpc) is 3.29. The highest BCUT2D eigenvalue weighted by Crippen LogP contribution is 2.37. The van der Waals surface area contributed by atoms with Crippen LogP contribution in [-0.4, -0.2) is 32.9 Å². The summed E-state index contributed by atoms with van der Waals surface area (Å²) < 4.78 is 13.4. The second-order valence-electron chi connectivity index (χ2n) is 8.70. The average molecular weight is 405 g/mol. The van der Waals surface area contributed by atoms with Gasteiger partial charge in [-0.3, -0.25) is 4.98 Å². The number of fused-ring (bicyclic) bond motifs is 3. The van der Waals surface area contributed by atoms with Gasteiger partial charge in [0.05, 0.1) is 22.9 Å². The summed E-state index contributed by atoms with van der Waals surface area (Å²) in [6.45, 7) is 12.2. The summed E-state index contributed by atoms with van der Waals surface area (Å²) in [5.41, 5.74) is 7.43.